The zero-order chi connectivity index (χ0) is 25.7. The summed E-state index contributed by atoms with van der Waals surface area (Å²) in [5.74, 6) is 0.755. The van der Waals surface area contributed by atoms with Crippen molar-refractivity contribution >= 4 is 39.0 Å². The maximum Gasteiger partial charge on any atom is 0.319 e. The van der Waals surface area contributed by atoms with Gasteiger partial charge in [-0.05, 0) is 62.4 Å². The second-order valence-corrected chi connectivity index (χ2v) is 10.9. The molecule has 2 N–H and O–H groups in total. The van der Waals surface area contributed by atoms with E-state index >= 15 is 0 Å². The fraction of sp³-hybridized carbons (Fsp3) is 0.320. The van der Waals surface area contributed by atoms with Crippen LogP contribution in [0.15, 0.2) is 59.5 Å². The highest BCUT2D eigenvalue weighted by molar-refractivity contribution is 7.90. The van der Waals surface area contributed by atoms with Gasteiger partial charge in [0.15, 0.2) is 15.7 Å². The number of amides is 2. The molecule has 9 nitrogen and oxygen atoms in total. The molecule has 2 aromatic carbocycles. The third kappa shape index (κ3) is 6.31. The number of morpholine rings is 1. The van der Waals surface area contributed by atoms with Gasteiger partial charge in [0.25, 0.3) is 0 Å². The molecule has 1 aromatic heterocycles. The van der Waals surface area contributed by atoms with Gasteiger partial charge in [0, 0.05) is 35.4 Å². The first-order valence-corrected chi connectivity index (χ1v) is 13.6. The highest BCUT2D eigenvalue weighted by Crippen LogP contribution is 2.26. The molecule has 1 fully saturated rings. The number of nitrogens with zero attached hydrogens (tertiary/aromatic N) is 3. The lowest BCUT2D eigenvalue weighted by Gasteiger charge is -2.34. The van der Waals surface area contributed by atoms with Crippen LogP contribution in [0.1, 0.15) is 19.5 Å². The lowest BCUT2D eigenvalue weighted by Crippen LogP contribution is -2.44. The van der Waals surface area contributed by atoms with Crippen molar-refractivity contribution in [3.05, 3.63) is 65.3 Å². The summed E-state index contributed by atoms with van der Waals surface area (Å²) in [7, 11) is -3.66. The van der Waals surface area contributed by atoms with Crippen LogP contribution in [0.4, 0.5) is 16.3 Å². The Bertz CT molecular complexity index is 1320. The first-order chi connectivity index (χ1) is 17.2. The molecule has 0 aliphatic carbocycles. The lowest BCUT2D eigenvalue weighted by atomic mass is 10.2. The molecular formula is C25H28ClN5O4S. The van der Waals surface area contributed by atoms with Gasteiger partial charge in [0.2, 0.25) is 0 Å². The van der Waals surface area contributed by atoms with Gasteiger partial charge in [-0.1, -0.05) is 11.6 Å². The van der Waals surface area contributed by atoms with E-state index < -0.39 is 9.84 Å². The van der Waals surface area contributed by atoms with E-state index in [1.54, 1.807) is 42.5 Å². The largest absolute Gasteiger partial charge is 0.377 e. The van der Waals surface area contributed by atoms with Gasteiger partial charge < -0.3 is 20.3 Å². The number of halogens is 1. The minimum Gasteiger partial charge on any atom is -0.377 e. The van der Waals surface area contributed by atoms with Gasteiger partial charge in [0.1, 0.15) is 5.82 Å². The number of urea groups is 1. The molecule has 1 aliphatic heterocycles. The fourth-order valence-corrected chi connectivity index (χ4v) is 5.24. The van der Waals surface area contributed by atoms with Crippen LogP contribution in [0.25, 0.3) is 11.4 Å². The summed E-state index contributed by atoms with van der Waals surface area (Å²) in [6.07, 6.45) is 0. The van der Waals surface area contributed by atoms with Gasteiger partial charge >= 0.3 is 6.03 Å². The number of benzene rings is 2. The molecule has 0 bridgehead atoms. The lowest BCUT2D eigenvalue weighted by molar-refractivity contribution is 0.0985. The van der Waals surface area contributed by atoms with Crippen molar-refractivity contribution in [3.8, 4) is 11.4 Å². The van der Waals surface area contributed by atoms with Crippen LogP contribution < -0.4 is 15.5 Å². The van der Waals surface area contributed by atoms with Crippen LogP contribution in [0.5, 0.6) is 0 Å². The Balaban J connectivity index is 1.68. The Kier molecular flexibility index (Phi) is 8.07. The topological polar surface area (TPSA) is 114 Å². The van der Waals surface area contributed by atoms with E-state index in [0.717, 1.165) is 0 Å². The molecule has 3 aromatic rings. The highest BCUT2D eigenvalue weighted by atomic mass is 35.5. The van der Waals surface area contributed by atoms with Crippen molar-refractivity contribution in [2.75, 3.05) is 36.5 Å². The minimum absolute atomic E-state index is 0.0749. The van der Waals surface area contributed by atoms with E-state index in [9.17, 15) is 13.2 Å². The van der Waals surface area contributed by atoms with Crippen molar-refractivity contribution < 1.29 is 17.9 Å². The first-order valence-electron chi connectivity index (χ1n) is 11.6. The average Bonchev–Trinajstić information content (AvgIpc) is 2.85. The summed E-state index contributed by atoms with van der Waals surface area (Å²) >= 11 is 5.93. The minimum atomic E-state index is -3.66. The monoisotopic (exact) mass is 529 g/mol. The molecular weight excluding hydrogens is 502 g/mol. The van der Waals surface area contributed by atoms with Gasteiger partial charge in [-0.3, -0.25) is 0 Å². The maximum absolute atomic E-state index is 13.1. The van der Waals surface area contributed by atoms with Crippen LogP contribution in [0, 0.1) is 0 Å². The molecule has 2 heterocycles. The number of hydrogen-bond acceptors (Lipinski definition) is 7. The summed E-state index contributed by atoms with van der Waals surface area (Å²) in [6.45, 7) is 6.14. The summed E-state index contributed by atoms with van der Waals surface area (Å²) in [5, 5.41) is 5.90. The molecule has 4 rings (SSSR count). The standard InChI is InChI=1S/C25H28ClN5O4S/c1-3-27-25(32)29-20-8-4-18(5-9-20)24-28-21(14-23(30-24)31-12-13-35-15-17(31)2)16-36(33,34)22-10-6-19(26)7-11-22/h4-11,14,17H,3,12-13,15-16H2,1-2H3,(H2,27,29,32)/t17-/m0/s1. The Hall–Kier alpha value is -3.21. The molecule has 0 unspecified atom stereocenters. The quantitative estimate of drug-likeness (QED) is 0.473. The Morgan fingerprint density at radius 2 is 1.86 bits per heavy atom. The van der Waals surface area contributed by atoms with Gasteiger partial charge in [0.05, 0.1) is 35.6 Å². The summed E-state index contributed by atoms with van der Waals surface area (Å²) in [4.78, 5) is 23.4. The van der Waals surface area contributed by atoms with E-state index in [1.807, 2.05) is 13.8 Å². The number of ether oxygens (including phenoxy) is 1. The van der Waals surface area contributed by atoms with E-state index in [4.69, 9.17) is 21.3 Å². The summed E-state index contributed by atoms with van der Waals surface area (Å²) in [6, 6.07) is 14.7. The van der Waals surface area contributed by atoms with E-state index in [2.05, 4.69) is 20.5 Å². The smallest absolute Gasteiger partial charge is 0.319 e. The van der Waals surface area contributed by atoms with Crippen molar-refractivity contribution in [1.29, 1.82) is 0 Å². The number of aromatic nitrogens is 2. The zero-order valence-electron chi connectivity index (χ0n) is 20.1. The van der Waals surface area contributed by atoms with Crippen LogP contribution in [-0.4, -0.2) is 56.8 Å². The Labute approximate surface area is 215 Å². The molecule has 0 saturated carbocycles. The average molecular weight is 530 g/mol. The van der Waals surface area contributed by atoms with Crippen LogP contribution in [0.2, 0.25) is 5.02 Å². The van der Waals surface area contributed by atoms with Gasteiger partial charge in [-0.15, -0.1) is 0 Å². The van der Waals surface area contributed by atoms with Gasteiger partial charge in [-0.2, -0.15) is 0 Å². The van der Waals surface area contributed by atoms with Gasteiger partial charge in [-0.25, -0.2) is 23.2 Å². The predicted octanol–water partition coefficient (Wildman–Crippen LogP) is 4.14. The van der Waals surface area contributed by atoms with E-state index in [1.165, 1.54) is 12.1 Å². The molecule has 36 heavy (non-hydrogen) atoms. The molecule has 11 heteroatoms. The second kappa shape index (κ2) is 11.2. The number of nitrogens with one attached hydrogen (secondary N) is 2. The van der Waals surface area contributed by atoms with Crippen molar-refractivity contribution in [2.45, 2.75) is 30.5 Å². The molecule has 0 spiro atoms. The fourth-order valence-electron chi connectivity index (χ4n) is 3.86. The number of anilines is 2. The maximum atomic E-state index is 13.1. The molecule has 2 amide bonds. The number of rotatable bonds is 7. The SMILES string of the molecule is CCNC(=O)Nc1ccc(-c2nc(CS(=O)(=O)c3ccc(Cl)cc3)cc(N3CCOC[C@@H]3C)n2)cc1. The first kappa shape index (κ1) is 25.9. The van der Waals surface area contributed by atoms with Crippen molar-refractivity contribution in [2.24, 2.45) is 0 Å². The molecule has 1 atom stereocenters. The predicted molar refractivity (Wildman–Crippen MR) is 140 cm³/mol. The number of sulfone groups is 1. The van der Waals surface area contributed by atoms with E-state index in [0.29, 0.717) is 59.9 Å². The third-order valence-electron chi connectivity index (χ3n) is 5.68. The van der Waals surface area contributed by atoms with Crippen molar-refractivity contribution in [3.63, 3.8) is 0 Å². The third-order valence-corrected chi connectivity index (χ3v) is 7.59. The summed E-state index contributed by atoms with van der Waals surface area (Å²) < 4.78 is 31.8. The number of carbonyl (C=O) groups is 1. The van der Waals surface area contributed by atoms with Crippen molar-refractivity contribution in [1.82, 2.24) is 15.3 Å². The summed E-state index contributed by atoms with van der Waals surface area (Å²) in [5.41, 5.74) is 1.70. The molecule has 0 radical (unpaired) electrons. The Morgan fingerprint density at radius 1 is 1.14 bits per heavy atom. The van der Waals surface area contributed by atoms with Crippen LogP contribution >= 0.6 is 11.6 Å². The highest BCUT2D eigenvalue weighted by Gasteiger charge is 2.24. The molecule has 1 saturated heterocycles. The normalized spacial score (nSPS) is 16.0. The molecule has 190 valence electrons. The van der Waals surface area contributed by atoms with Crippen LogP contribution in [0.3, 0.4) is 0 Å². The van der Waals surface area contributed by atoms with Crippen LogP contribution in [-0.2, 0) is 20.3 Å². The van der Waals surface area contributed by atoms with E-state index in [-0.39, 0.29) is 22.7 Å². The number of hydrogen-bond donors (Lipinski definition) is 2. The Morgan fingerprint density at radius 3 is 2.53 bits per heavy atom. The zero-order valence-corrected chi connectivity index (χ0v) is 21.6. The number of carbonyl (C=O) groups excluding carboxylic acids is 1. The molecule has 1 aliphatic rings. The second-order valence-electron chi connectivity index (χ2n) is 8.43.